The molecule has 0 aromatic heterocycles. The maximum atomic E-state index is 12.4. The van der Waals surface area contributed by atoms with Gasteiger partial charge in [-0.2, -0.15) is 0 Å². The van der Waals surface area contributed by atoms with Gasteiger partial charge in [0.15, 0.2) is 0 Å². The Hall–Kier alpha value is -0.870. The molecule has 0 aromatic carbocycles. The summed E-state index contributed by atoms with van der Waals surface area (Å²) in [4.78, 5) is 12.4. The number of rotatable bonds is 39. The van der Waals surface area contributed by atoms with Gasteiger partial charge in [0.2, 0.25) is 5.91 Å². The maximum absolute atomic E-state index is 12.4. The fraction of sp³-hybridized carbons (Fsp3) is 0.930. The highest BCUT2D eigenvalue weighted by Crippen LogP contribution is 2.16. The first kappa shape index (κ1) is 46.1. The first-order valence-corrected chi connectivity index (χ1v) is 21.4. The van der Waals surface area contributed by atoms with Crippen LogP contribution in [0.5, 0.6) is 0 Å². The third kappa shape index (κ3) is 36.2. The minimum atomic E-state index is -0.833. The van der Waals surface area contributed by atoms with Crippen molar-refractivity contribution in [3.63, 3.8) is 0 Å². The lowest BCUT2D eigenvalue weighted by Gasteiger charge is -2.20. The monoisotopic (exact) mass is 664 g/mol. The number of aliphatic hydroxyl groups is 2. The summed E-state index contributed by atoms with van der Waals surface area (Å²) in [6, 6.07) is -0.615. The summed E-state index contributed by atoms with van der Waals surface area (Å²) in [7, 11) is 0. The zero-order chi connectivity index (χ0) is 34.3. The van der Waals surface area contributed by atoms with Crippen molar-refractivity contribution in [2.75, 3.05) is 6.61 Å². The van der Waals surface area contributed by atoms with Crippen molar-refractivity contribution in [1.82, 2.24) is 5.32 Å². The van der Waals surface area contributed by atoms with Crippen molar-refractivity contribution < 1.29 is 15.0 Å². The van der Waals surface area contributed by atoms with Crippen molar-refractivity contribution in [3.05, 3.63) is 12.2 Å². The van der Waals surface area contributed by atoms with E-state index in [1.165, 1.54) is 193 Å². The molecule has 0 aliphatic rings. The van der Waals surface area contributed by atoms with Crippen LogP contribution in [0.1, 0.15) is 239 Å². The summed E-state index contributed by atoms with van der Waals surface area (Å²) >= 11 is 0. The van der Waals surface area contributed by atoms with E-state index in [0.29, 0.717) is 6.42 Å². The number of allylic oxidation sites excluding steroid dienone is 1. The number of unbranched alkanes of at least 4 members (excludes halogenated alkanes) is 32. The molecule has 4 heteroatoms. The Bertz CT molecular complexity index is 637. The molecular weight excluding hydrogens is 578 g/mol. The number of amides is 1. The molecule has 0 aliphatic heterocycles. The number of carbonyl (C=O) groups is 1. The summed E-state index contributed by atoms with van der Waals surface area (Å²) in [5.74, 6) is -0.0598. The van der Waals surface area contributed by atoms with Crippen molar-refractivity contribution >= 4 is 5.91 Å². The molecule has 0 bridgehead atoms. The molecule has 47 heavy (non-hydrogen) atoms. The molecule has 4 nitrogen and oxygen atoms in total. The summed E-state index contributed by atoms with van der Waals surface area (Å²) < 4.78 is 0. The van der Waals surface area contributed by atoms with E-state index in [2.05, 4.69) is 19.2 Å². The number of hydrogen-bond acceptors (Lipinski definition) is 3. The van der Waals surface area contributed by atoms with Crippen LogP contribution in [0.4, 0.5) is 0 Å². The molecule has 0 unspecified atom stereocenters. The molecule has 0 radical (unpaired) electrons. The van der Waals surface area contributed by atoms with E-state index in [0.717, 1.165) is 25.7 Å². The van der Waals surface area contributed by atoms with Gasteiger partial charge in [0.05, 0.1) is 18.8 Å². The maximum Gasteiger partial charge on any atom is 0.220 e. The highest BCUT2D eigenvalue weighted by molar-refractivity contribution is 5.76. The topological polar surface area (TPSA) is 69.6 Å². The average molecular weight is 664 g/mol. The van der Waals surface area contributed by atoms with E-state index in [9.17, 15) is 15.0 Å². The molecule has 3 N–H and O–H groups in total. The van der Waals surface area contributed by atoms with E-state index in [1.807, 2.05) is 6.08 Å². The van der Waals surface area contributed by atoms with E-state index in [4.69, 9.17) is 0 Å². The predicted molar refractivity (Wildman–Crippen MR) is 207 cm³/mol. The van der Waals surface area contributed by atoms with Crippen LogP contribution in [0.15, 0.2) is 12.2 Å². The first-order valence-electron chi connectivity index (χ1n) is 21.4. The predicted octanol–water partition coefficient (Wildman–Crippen LogP) is 13.1. The standard InChI is InChI=1S/C43H85NO3/c1-3-5-7-9-11-13-15-17-19-21-23-25-27-29-31-33-35-37-39-43(47)44-41(40-45)42(46)38-36-34-32-30-28-26-24-22-20-18-16-14-12-10-8-6-4-2/h36,38,41-42,45-46H,3-35,37,39-40H2,1-2H3,(H,44,47)/b38-36+/t41-,42+/m0/s1. The molecule has 1 amide bonds. The van der Waals surface area contributed by atoms with Crippen molar-refractivity contribution in [3.8, 4) is 0 Å². The van der Waals surface area contributed by atoms with Gasteiger partial charge in [-0.3, -0.25) is 4.79 Å². The lowest BCUT2D eigenvalue weighted by atomic mass is 10.0. The second-order valence-corrected chi connectivity index (χ2v) is 14.8. The molecule has 0 saturated heterocycles. The van der Waals surface area contributed by atoms with Crippen LogP contribution in [-0.4, -0.2) is 34.9 Å². The molecule has 2 atom stereocenters. The van der Waals surface area contributed by atoms with Crippen LogP contribution in [0, 0.1) is 0 Å². The Morgan fingerprint density at radius 3 is 1.11 bits per heavy atom. The number of carbonyl (C=O) groups excluding carboxylic acids is 1. The summed E-state index contributed by atoms with van der Waals surface area (Å²) in [6.45, 7) is 4.33. The first-order chi connectivity index (χ1) is 23.2. The van der Waals surface area contributed by atoms with Gasteiger partial charge in [0, 0.05) is 6.42 Å². The van der Waals surface area contributed by atoms with Crippen LogP contribution in [0.3, 0.4) is 0 Å². The molecule has 0 aliphatic carbocycles. The fourth-order valence-corrected chi connectivity index (χ4v) is 6.71. The number of hydrogen-bond donors (Lipinski definition) is 3. The third-order valence-corrected chi connectivity index (χ3v) is 10.0. The largest absolute Gasteiger partial charge is 0.394 e. The number of nitrogens with one attached hydrogen (secondary N) is 1. The summed E-state index contributed by atoms with van der Waals surface area (Å²) in [5.41, 5.74) is 0. The molecule has 0 heterocycles. The Balaban J connectivity index is 3.54. The smallest absolute Gasteiger partial charge is 0.220 e. The molecule has 0 saturated carbocycles. The second-order valence-electron chi connectivity index (χ2n) is 14.8. The van der Waals surface area contributed by atoms with Gasteiger partial charge in [-0.15, -0.1) is 0 Å². The van der Waals surface area contributed by atoms with Gasteiger partial charge >= 0.3 is 0 Å². The van der Waals surface area contributed by atoms with E-state index >= 15 is 0 Å². The SMILES string of the molecule is CCCCCCCCCCCCCCCCC/C=C/[C@@H](O)[C@H](CO)NC(=O)CCCCCCCCCCCCCCCCCCCC. The van der Waals surface area contributed by atoms with Gasteiger partial charge in [0.1, 0.15) is 0 Å². The zero-order valence-electron chi connectivity index (χ0n) is 32.1. The minimum Gasteiger partial charge on any atom is -0.394 e. The van der Waals surface area contributed by atoms with Crippen LogP contribution in [-0.2, 0) is 4.79 Å². The Morgan fingerprint density at radius 1 is 0.489 bits per heavy atom. The highest BCUT2D eigenvalue weighted by Gasteiger charge is 2.17. The van der Waals surface area contributed by atoms with E-state index in [1.54, 1.807) is 6.08 Å². The normalized spacial score (nSPS) is 13.0. The van der Waals surface area contributed by atoms with E-state index in [-0.39, 0.29) is 12.5 Å². The van der Waals surface area contributed by atoms with Crippen LogP contribution in [0.2, 0.25) is 0 Å². The van der Waals surface area contributed by atoms with Crippen LogP contribution >= 0.6 is 0 Å². The minimum absolute atomic E-state index is 0.0598. The Morgan fingerprint density at radius 2 is 0.787 bits per heavy atom. The number of aliphatic hydroxyl groups excluding tert-OH is 2. The van der Waals surface area contributed by atoms with Crippen LogP contribution in [0.25, 0.3) is 0 Å². The Kier molecular flexibility index (Phi) is 38.8. The lowest BCUT2D eigenvalue weighted by Crippen LogP contribution is -2.45. The summed E-state index contributed by atoms with van der Waals surface area (Å²) in [5, 5.41) is 23.0. The van der Waals surface area contributed by atoms with E-state index < -0.39 is 12.1 Å². The molecule has 0 spiro atoms. The van der Waals surface area contributed by atoms with Gasteiger partial charge < -0.3 is 15.5 Å². The van der Waals surface area contributed by atoms with Crippen molar-refractivity contribution in [2.45, 2.75) is 251 Å². The van der Waals surface area contributed by atoms with Gasteiger partial charge in [-0.25, -0.2) is 0 Å². The molecule has 280 valence electrons. The quantitative estimate of drug-likeness (QED) is 0.0453. The van der Waals surface area contributed by atoms with Crippen molar-refractivity contribution in [1.29, 1.82) is 0 Å². The second kappa shape index (κ2) is 39.6. The highest BCUT2D eigenvalue weighted by atomic mass is 16.3. The lowest BCUT2D eigenvalue weighted by molar-refractivity contribution is -0.123. The molecular formula is C43H85NO3. The third-order valence-electron chi connectivity index (χ3n) is 10.0. The Labute approximate surface area is 295 Å². The molecule has 0 fully saturated rings. The van der Waals surface area contributed by atoms with Gasteiger partial charge in [0.25, 0.3) is 0 Å². The molecule has 0 rings (SSSR count). The van der Waals surface area contributed by atoms with Crippen molar-refractivity contribution in [2.24, 2.45) is 0 Å². The van der Waals surface area contributed by atoms with Gasteiger partial charge in [-0.1, -0.05) is 225 Å². The van der Waals surface area contributed by atoms with Gasteiger partial charge in [-0.05, 0) is 19.3 Å². The summed E-state index contributed by atoms with van der Waals surface area (Å²) in [6.07, 6.45) is 48.8. The average Bonchev–Trinajstić information content (AvgIpc) is 3.07. The molecule has 0 aromatic rings. The van der Waals surface area contributed by atoms with Crippen LogP contribution < -0.4 is 5.32 Å². The zero-order valence-corrected chi connectivity index (χ0v) is 32.1. The fourth-order valence-electron chi connectivity index (χ4n) is 6.71.